The molecule has 9 heteroatoms. The fraction of sp³-hybridized carbons (Fsp3) is 0.318. The summed E-state index contributed by atoms with van der Waals surface area (Å²) >= 11 is 1.53. The third-order valence-electron chi connectivity index (χ3n) is 5.46. The van der Waals surface area contributed by atoms with Gasteiger partial charge in [0.2, 0.25) is 5.91 Å². The van der Waals surface area contributed by atoms with Crippen LogP contribution in [0.25, 0.3) is 10.4 Å². The molecule has 2 amide bonds. The van der Waals surface area contributed by atoms with Crippen molar-refractivity contribution in [1.82, 2.24) is 15.0 Å². The van der Waals surface area contributed by atoms with Gasteiger partial charge in [0.25, 0.3) is 5.91 Å². The number of carbonyl (C=O) groups excluding carboxylic acids is 2. The third kappa shape index (κ3) is 4.06. The molecule has 0 spiro atoms. The average molecular weight is 439 g/mol. The smallest absolute Gasteiger partial charge is 0.264 e. The maximum absolute atomic E-state index is 13.1. The topological polar surface area (TPSA) is 87.9 Å². The second kappa shape index (κ2) is 8.16. The second-order valence-electron chi connectivity index (χ2n) is 7.69. The number of piperazine rings is 1. The highest BCUT2D eigenvalue weighted by Gasteiger charge is 2.27. The van der Waals surface area contributed by atoms with Crippen LogP contribution in [0.4, 0.5) is 5.82 Å². The number of nitrogens with one attached hydrogen (secondary N) is 1. The minimum absolute atomic E-state index is 0.0408. The predicted octanol–water partition coefficient (Wildman–Crippen LogP) is 3.00. The molecule has 0 radical (unpaired) electrons. The summed E-state index contributed by atoms with van der Waals surface area (Å²) in [5.41, 5.74) is 2.11. The lowest BCUT2D eigenvalue weighted by atomic mass is 10.1. The van der Waals surface area contributed by atoms with Gasteiger partial charge in [0.1, 0.15) is 18.1 Å². The number of thiophene rings is 1. The number of amides is 2. The van der Waals surface area contributed by atoms with Gasteiger partial charge in [-0.1, -0.05) is 17.3 Å². The van der Waals surface area contributed by atoms with Crippen molar-refractivity contribution in [2.24, 2.45) is 0 Å². The first kappa shape index (κ1) is 19.8. The summed E-state index contributed by atoms with van der Waals surface area (Å²) in [6.45, 7) is 4.99. The summed E-state index contributed by atoms with van der Waals surface area (Å²) < 4.78 is 10.8. The first-order valence-corrected chi connectivity index (χ1v) is 11.0. The van der Waals surface area contributed by atoms with E-state index in [0.717, 1.165) is 26.6 Å². The molecule has 0 saturated carbocycles. The first-order chi connectivity index (χ1) is 15.1. The molecular weight excluding hydrogens is 416 g/mol. The van der Waals surface area contributed by atoms with Crippen molar-refractivity contribution < 1.29 is 18.8 Å². The van der Waals surface area contributed by atoms with Crippen LogP contribution in [-0.2, 0) is 11.4 Å². The Labute approximate surface area is 183 Å². The molecule has 4 heterocycles. The zero-order valence-corrected chi connectivity index (χ0v) is 17.9. The van der Waals surface area contributed by atoms with Crippen LogP contribution in [0.5, 0.6) is 5.75 Å². The van der Waals surface area contributed by atoms with Crippen LogP contribution in [0, 0.1) is 6.92 Å². The van der Waals surface area contributed by atoms with Gasteiger partial charge in [0, 0.05) is 48.2 Å². The molecule has 160 valence electrons. The molecule has 0 bridgehead atoms. The summed E-state index contributed by atoms with van der Waals surface area (Å²) in [5, 5.41) is 6.50. The Balaban J connectivity index is 1.18. The standard InChI is InChI=1S/C22H22N4O4S/c1-14-10-19(24-30-14)23-20(27)12-25-6-8-26(9-7-25)22(28)18-11-15-13-29-17-5-3-2-4-16(17)21(15)31-18/h2-5,10-11H,6-9,12-13H2,1H3,(H,23,24,27). The molecule has 0 unspecified atom stereocenters. The van der Waals surface area contributed by atoms with Crippen molar-refractivity contribution in [2.75, 3.05) is 38.0 Å². The zero-order valence-electron chi connectivity index (χ0n) is 17.1. The van der Waals surface area contributed by atoms with E-state index in [1.165, 1.54) is 11.3 Å². The monoisotopic (exact) mass is 438 g/mol. The largest absolute Gasteiger partial charge is 0.488 e. The molecule has 2 aliphatic heterocycles. The zero-order chi connectivity index (χ0) is 21.4. The number of para-hydroxylation sites is 1. The lowest BCUT2D eigenvalue weighted by molar-refractivity contribution is -0.117. The van der Waals surface area contributed by atoms with Crippen LogP contribution in [0.15, 0.2) is 40.9 Å². The number of hydrogen-bond acceptors (Lipinski definition) is 7. The molecule has 1 fully saturated rings. The molecule has 1 saturated heterocycles. The Hall–Kier alpha value is -3.17. The molecule has 8 nitrogen and oxygen atoms in total. The molecule has 0 aliphatic carbocycles. The summed E-state index contributed by atoms with van der Waals surface area (Å²) in [6, 6.07) is 11.6. The van der Waals surface area contributed by atoms with Crippen molar-refractivity contribution >= 4 is 29.0 Å². The van der Waals surface area contributed by atoms with Crippen molar-refractivity contribution in [3.63, 3.8) is 0 Å². The van der Waals surface area contributed by atoms with Gasteiger partial charge in [0.15, 0.2) is 5.82 Å². The number of hydrogen-bond donors (Lipinski definition) is 1. The molecule has 3 aromatic rings. The van der Waals surface area contributed by atoms with E-state index < -0.39 is 0 Å². The van der Waals surface area contributed by atoms with Crippen LogP contribution in [-0.4, -0.2) is 59.5 Å². The summed E-state index contributed by atoms with van der Waals surface area (Å²) in [6.07, 6.45) is 0. The number of nitrogens with zero attached hydrogens (tertiary/aromatic N) is 3. The maximum Gasteiger partial charge on any atom is 0.264 e. The Kier molecular flexibility index (Phi) is 5.21. The fourth-order valence-corrected chi connectivity index (χ4v) is 5.05. The number of rotatable bonds is 4. The van der Waals surface area contributed by atoms with Crippen LogP contribution in [0.2, 0.25) is 0 Å². The van der Waals surface area contributed by atoms with E-state index in [9.17, 15) is 9.59 Å². The Bertz CT molecular complexity index is 1130. The van der Waals surface area contributed by atoms with Crippen molar-refractivity contribution in [1.29, 1.82) is 0 Å². The van der Waals surface area contributed by atoms with Gasteiger partial charge in [-0.2, -0.15) is 0 Å². The summed E-state index contributed by atoms with van der Waals surface area (Å²) in [5.74, 6) is 1.83. The molecule has 2 aromatic heterocycles. The van der Waals surface area contributed by atoms with E-state index in [0.29, 0.717) is 44.4 Å². The van der Waals surface area contributed by atoms with E-state index in [1.807, 2.05) is 40.1 Å². The van der Waals surface area contributed by atoms with Crippen molar-refractivity contribution in [3.05, 3.63) is 52.6 Å². The minimum atomic E-state index is -0.141. The van der Waals surface area contributed by atoms with E-state index in [-0.39, 0.29) is 18.4 Å². The number of anilines is 1. The number of ether oxygens (including phenoxy) is 1. The third-order valence-corrected chi connectivity index (χ3v) is 6.66. The molecular formula is C22H22N4O4S. The molecule has 1 N–H and O–H groups in total. The van der Waals surface area contributed by atoms with Gasteiger partial charge in [-0.05, 0) is 25.1 Å². The second-order valence-corrected chi connectivity index (χ2v) is 8.74. The maximum atomic E-state index is 13.1. The first-order valence-electron chi connectivity index (χ1n) is 10.2. The molecule has 2 aliphatic rings. The fourth-order valence-electron chi connectivity index (χ4n) is 3.88. The number of fused-ring (bicyclic) bond motifs is 3. The molecule has 5 rings (SSSR count). The minimum Gasteiger partial charge on any atom is -0.488 e. The van der Waals surface area contributed by atoms with Gasteiger partial charge in [-0.15, -0.1) is 11.3 Å². The Morgan fingerprint density at radius 2 is 1.97 bits per heavy atom. The highest BCUT2D eigenvalue weighted by Crippen LogP contribution is 2.42. The highest BCUT2D eigenvalue weighted by molar-refractivity contribution is 7.17. The molecule has 31 heavy (non-hydrogen) atoms. The lowest BCUT2D eigenvalue weighted by Gasteiger charge is -2.34. The Morgan fingerprint density at radius 3 is 2.74 bits per heavy atom. The number of aryl methyl sites for hydroxylation is 1. The average Bonchev–Trinajstić information content (AvgIpc) is 3.40. The van der Waals surface area contributed by atoms with Crippen molar-refractivity contribution in [2.45, 2.75) is 13.5 Å². The predicted molar refractivity (Wildman–Crippen MR) is 116 cm³/mol. The molecule has 0 atom stereocenters. The van der Waals surface area contributed by atoms with Crippen molar-refractivity contribution in [3.8, 4) is 16.2 Å². The number of carbonyl (C=O) groups is 2. The van der Waals surface area contributed by atoms with Gasteiger partial charge in [0.05, 0.1) is 11.4 Å². The highest BCUT2D eigenvalue weighted by atomic mass is 32.1. The van der Waals surface area contributed by atoms with Gasteiger partial charge in [-0.25, -0.2) is 0 Å². The van der Waals surface area contributed by atoms with Crippen LogP contribution >= 0.6 is 11.3 Å². The van der Waals surface area contributed by atoms with Gasteiger partial charge >= 0.3 is 0 Å². The number of benzene rings is 1. The lowest BCUT2D eigenvalue weighted by Crippen LogP contribution is -2.50. The van der Waals surface area contributed by atoms with E-state index in [1.54, 1.807) is 13.0 Å². The molecule has 1 aromatic carbocycles. The SMILES string of the molecule is Cc1cc(NC(=O)CN2CCN(C(=O)c3cc4c(s3)-c3ccccc3OC4)CC2)no1. The van der Waals surface area contributed by atoms with Crippen LogP contribution < -0.4 is 10.1 Å². The summed E-state index contributed by atoms with van der Waals surface area (Å²) in [7, 11) is 0. The van der Waals surface area contributed by atoms with Crippen LogP contribution in [0.3, 0.4) is 0 Å². The Morgan fingerprint density at radius 1 is 1.16 bits per heavy atom. The normalized spacial score (nSPS) is 15.7. The van der Waals surface area contributed by atoms with Gasteiger partial charge in [-0.3, -0.25) is 14.5 Å². The number of aromatic nitrogens is 1. The quantitative estimate of drug-likeness (QED) is 0.674. The summed E-state index contributed by atoms with van der Waals surface area (Å²) in [4.78, 5) is 31.0. The van der Waals surface area contributed by atoms with E-state index in [2.05, 4.69) is 10.5 Å². The van der Waals surface area contributed by atoms with E-state index in [4.69, 9.17) is 9.26 Å². The van der Waals surface area contributed by atoms with Crippen LogP contribution in [0.1, 0.15) is 21.0 Å². The van der Waals surface area contributed by atoms with E-state index >= 15 is 0 Å². The van der Waals surface area contributed by atoms with Gasteiger partial charge < -0.3 is 19.5 Å².